The average molecular weight is 488 g/mol. The highest BCUT2D eigenvalue weighted by Gasteiger charge is 2.17. The second kappa shape index (κ2) is 9.67. The van der Waals surface area contributed by atoms with Crippen LogP contribution in [0.15, 0.2) is 53.5 Å². The van der Waals surface area contributed by atoms with Gasteiger partial charge in [-0.3, -0.25) is 9.67 Å². The number of ether oxygens (including phenoxy) is 2. The minimum atomic E-state index is -1.24. The Morgan fingerprint density at radius 1 is 1.19 bits per heavy atom. The Balaban J connectivity index is 1.47. The van der Waals surface area contributed by atoms with E-state index in [9.17, 15) is 9.90 Å². The molecule has 10 heteroatoms. The largest absolute Gasteiger partial charge is 0.486 e. The minimum absolute atomic E-state index is 0.458. The SMILES string of the molecule is Cc1c(Nc2nn(C)c3ccc(C=N[C@@H](CO)C(=O)O)nc23)cccc1-c1ccc2c(c1)OCCO2. The first-order valence-corrected chi connectivity index (χ1v) is 11.4. The summed E-state index contributed by atoms with van der Waals surface area (Å²) in [6.45, 7) is 2.52. The average Bonchev–Trinajstić information content (AvgIpc) is 3.19. The van der Waals surface area contributed by atoms with Gasteiger partial charge in [0, 0.05) is 18.9 Å². The molecule has 0 unspecified atom stereocenters. The van der Waals surface area contributed by atoms with Gasteiger partial charge in [-0.25, -0.2) is 9.78 Å². The van der Waals surface area contributed by atoms with Crippen molar-refractivity contribution in [1.29, 1.82) is 0 Å². The van der Waals surface area contributed by atoms with Gasteiger partial charge in [0.1, 0.15) is 18.7 Å². The first kappa shape index (κ1) is 23.3. The number of aliphatic imine (C=N–C) groups is 1. The molecule has 0 bridgehead atoms. The molecule has 10 nitrogen and oxygen atoms in total. The summed E-state index contributed by atoms with van der Waals surface area (Å²) in [4.78, 5) is 19.7. The zero-order valence-electron chi connectivity index (χ0n) is 19.8. The summed E-state index contributed by atoms with van der Waals surface area (Å²) in [5.74, 6) is 0.835. The van der Waals surface area contributed by atoms with Crippen molar-refractivity contribution in [3.05, 3.63) is 59.8 Å². The number of aromatic nitrogens is 3. The van der Waals surface area contributed by atoms with Crippen LogP contribution in [0.2, 0.25) is 0 Å². The summed E-state index contributed by atoms with van der Waals surface area (Å²) in [5, 5.41) is 26.3. The number of nitrogens with zero attached hydrogens (tertiary/aromatic N) is 4. The Hall–Kier alpha value is -4.44. The van der Waals surface area contributed by atoms with Gasteiger partial charge in [-0.05, 0) is 53.9 Å². The molecule has 3 N–H and O–H groups in total. The minimum Gasteiger partial charge on any atom is -0.486 e. The number of carbonyl (C=O) groups is 1. The van der Waals surface area contributed by atoms with Crippen LogP contribution < -0.4 is 14.8 Å². The number of anilines is 2. The van der Waals surface area contributed by atoms with Crippen LogP contribution >= 0.6 is 0 Å². The van der Waals surface area contributed by atoms with E-state index < -0.39 is 18.6 Å². The normalized spacial score (nSPS) is 13.8. The maximum Gasteiger partial charge on any atom is 0.330 e. The second-order valence-electron chi connectivity index (χ2n) is 8.35. The molecule has 3 heterocycles. The van der Waals surface area contributed by atoms with Gasteiger partial charge in [-0.1, -0.05) is 18.2 Å². The molecule has 0 amide bonds. The van der Waals surface area contributed by atoms with Crippen LogP contribution in [0.3, 0.4) is 0 Å². The Morgan fingerprint density at radius 2 is 2.00 bits per heavy atom. The fourth-order valence-electron chi connectivity index (χ4n) is 4.09. The Bertz CT molecular complexity index is 1480. The van der Waals surface area contributed by atoms with E-state index in [2.05, 4.69) is 26.5 Å². The van der Waals surface area contributed by atoms with E-state index in [-0.39, 0.29) is 0 Å². The van der Waals surface area contributed by atoms with Crippen LogP contribution in [0.5, 0.6) is 11.5 Å². The van der Waals surface area contributed by atoms with Gasteiger partial charge < -0.3 is 25.0 Å². The molecule has 1 aliphatic rings. The molecular formula is C26H25N5O5. The van der Waals surface area contributed by atoms with Crippen molar-refractivity contribution in [2.24, 2.45) is 12.0 Å². The Kier molecular flexibility index (Phi) is 6.26. The van der Waals surface area contributed by atoms with E-state index >= 15 is 0 Å². The lowest BCUT2D eigenvalue weighted by atomic mass is 9.98. The number of hydrogen-bond acceptors (Lipinski definition) is 8. The molecule has 36 heavy (non-hydrogen) atoms. The lowest BCUT2D eigenvalue weighted by Crippen LogP contribution is -2.22. The smallest absolute Gasteiger partial charge is 0.330 e. The van der Waals surface area contributed by atoms with E-state index in [0.29, 0.717) is 30.2 Å². The molecule has 0 saturated heterocycles. The number of aliphatic hydroxyl groups excluding tert-OH is 1. The highest BCUT2D eigenvalue weighted by Crippen LogP contribution is 2.37. The van der Waals surface area contributed by atoms with Gasteiger partial charge in [0.15, 0.2) is 23.4 Å². The summed E-state index contributed by atoms with van der Waals surface area (Å²) in [7, 11) is 1.83. The Morgan fingerprint density at radius 3 is 2.78 bits per heavy atom. The van der Waals surface area contributed by atoms with Gasteiger partial charge in [0.2, 0.25) is 0 Å². The van der Waals surface area contributed by atoms with Crippen LogP contribution in [-0.4, -0.2) is 63.0 Å². The van der Waals surface area contributed by atoms with Crippen molar-refractivity contribution < 1.29 is 24.5 Å². The highest BCUT2D eigenvalue weighted by molar-refractivity contribution is 5.92. The van der Waals surface area contributed by atoms with Crippen LogP contribution in [0, 0.1) is 6.92 Å². The standard InChI is InChI=1S/C26H25N5O5/c1-15-18(16-6-9-22-23(12-16)36-11-10-35-22)4-3-5-19(15)29-25-24-21(31(2)30-25)8-7-17(28-24)13-27-20(14-32)26(33)34/h3-9,12-13,20,32H,10-11,14H2,1-2H3,(H,29,30)(H,33,34)/t20-/m0/s1. The third-order valence-electron chi connectivity index (χ3n) is 6.00. The van der Waals surface area contributed by atoms with E-state index in [0.717, 1.165) is 39.4 Å². The lowest BCUT2D eigenvalue weighted by molar-refractivity contribution is -0.139. The van der Waals surface area contributed by atoms with Gasteiger partial charge in [-0.2, -0.15) is 5.10 Å². The summed E-state index contributed by atoms with van der Waals surface area (Å²) >= 11 is 0. The van der Waals surface area contributed by atoms with Crippen LogP contribution in [-0.2, 0) is 11.8 Å². The molecule has 0 fully saturated rings. The lowest BCUT2D eigenvalue weighted by Gasteiger charge is -2.19. The topological polar surface area (TPSA) is 131 Å². The zero-order valence-corrected chi connectivity index (χ0v) is 19.8. The number of aliphatic carboxylic acids is 1. The molecule has 5 rings (SSSR count). The monoisotopic (exact) mass is 487 g/mol. The molecule has 2 aromatic carbocycles. The van der Waals surface area contributed by atoms with Gasteiger partial charge in [-0.15, -0.1) is 0 Å². The highest BCUT2D eigenvalue weighted by atomic mass is 16.6. The molecule has 0 saturated carbocycles. The van der Waals surface area contributed by atoms with Crippen LogP contribution in [0.1, 0.15) is 11.3 Å². The molecule has 0 spiro atoms. The first-order chi connectivity index (χ1) is 17.4. The third-order valence-corrected chi connectivity index (χ3v) is 6.00. The number of aryl methyl sites for hydroxylation is 1. The van der Waals surface area contributed by atoms with E-state index in [1.165, 1.54) is 6.21 Å². The molecule has 4 aromatic rings. The molecule has 0 radical (unpaired) electrons. The van der Waals surface area contributed by atoms with Crippen molar-refractivity contribution in [1.82, 2.24) is 14.8 Å². The number of aliphatic hydroxyl groups is 1. The molecule has 184 valence electrons. The number of benzene rings is 2. The number of carboxylic acids is 1. The maximum absolute atomic E-state index is 11.1. The molecular weight excluding hydrogens is 462 g/mol. The maximum atomic E-state index is 11.1. The summed E-state index contributed by atoms with van der Waals surface area (Å²) < 4.78 is 13.1. The molecule has 1 aliphatic heterocycles. The van der Waals surface area contributed by atoms with Crippen LogP contribution in [0.25, 0.3) is 22.2 Å². The number of nitrogens with one attached hydrogen (secondary N) is 1. The third kappa shape index (κ3) is 4.46. The fourth-order valence-corrected chi connectivity index (χ4v) is 4.09. The number of pyridine rings is 1. The predicted molar refractivity (Wildman–Crippen MR) is 136 cm³/mol. The fraction of sp³-hybridized carbons (Fsp3) is 0.231. The first-order valence-electron chi connectivity index (χ1n) is 11.4. The molecule has 0 aliphatic carbocycles. The summed E-state index contributed by atoms with van der Waals surface area (Å²) in [6.07, 6.45) is 1.35. The number of hydrogen-bond donors (Lipinski definition) is 3. The quantitative estimate of drug-likeness (QED) is 0.338. The van der Waals surface area contributed by atoms with E-state index in [1.807, 2.05) is 50.4 Å². The zero-order chi connectivity index (χ0) is 25.2. The van der Waals surface area contributed by atoms with Gasteiger partial charge >= 0.3 is 5.97 Å². The number of carboxylic acid groups (broad SMARTS) is 1. The van der Waals surface area contributed by atoms with Crippen molar-refractivity contribution in [2.45, 2.75) is 13.0 Å². The van der Waals surface area contributed by atoms with Crippen molar-refractivity contribution >= 4 is 34.7 Å². The van der Waals surface area contributed by atoms with E-state index in [4.69, 9.17) is 14.6 Å². The second-order valence-corrected chi connectivity index (χ2v) is 8.35. The van der Waals surface area contributed by atoms with Gasteiger partial charge in [0.25, 0.3) is 0 Å². The van der Waals surface area contributed by atoms with Crippen LogP contribution in [0.4, 0.5) is 11.5 Å². The summed E-state index contributed by atoms with van der Waals surface area (Å²) in [6, 6.07) is 14.3. The van der Waals surface area contributed by atoms with Crippen molar-refractivity contribution in [2.75, 3.05) is 25.1 Å². The molecule has 1 atom stereocenters. The van der Waals surface area contributed by atoms with Gasteiger partial charge in [0.05, 0.1) is 17.8 Å². The predicted octanol–water partition coefficient (Wildman–Crippen LogP) is 3.32. The van der Waals surface area contributed by atoms with Crippen molar-refractivity contribution in [3.8, 4) is 22.6 Å². The number of fused-ring (bicyclic) bond motifs is 2. The van der Waals surface area contributed by atoms with Crippen molar-refractivity contribution in [3.63, 3.8) is 0 Å². The Labute approximate surface area is 206 Å². The van der Waals surface area contributed by atoms with E-state index in [1.54, 1.807) is 10.7 Å². The number of rotatable bonds is 7. The summed E-state index contributed by atoms with van der Waals surface area (Å²) in [5.41, 5.74) is 5.82. The molecule has 2 aromatic heterocycles.